The smallest absolute Gasteiger partial charge is 0.273 e. The van der Waals surface area contributed by atoms with Crippen molar-refractivity contribution in [1.29, 1.82) is 0 Å². The second kappa shape index (κ2) is 3.05. The summed E-state index contributed by atoms with van der Waals surface area (Å²) in [7, 11) is 1.53. The Morgan fingerprint density at radius 3 is 2.73 bits per heavy atom. The predicted molar refractivity (Wildman–Crippen MR) is 38.0 cm³/mol. The average molecular weight is 152 g/mol. The number of hydrogen-bond acceptors (Lipinski definition) is 4. The largest absolute Gasteiger partial charge is 0.354 e. The highest BCUT2D eigenvalue weighted by Gasteiger charge is 2.03. The zero-order chi connectivity index (χ0) is 8.27. The lowest BCUT2D eigenvalue weighted by atomic mass is 10.4. The molecular weight excluding hydrogens is 144 g/mol. The summed E-state index contributed by atoms with van der Waals surface area (Å²) in [6.07, 6.45) is 1.39. The minimum Gasteiger partial charge on any atom is -0.354 e. The molecule has 0 atom stereocenters. The van der Waals surface area contributed by atoms with Crippen molar-refractivity contribution in [2.75, 3.05) is 7.05 Å². The van der Waals surface area contributed by atoms with Gasteiger partial charge in [-0.3, -0.25) is 4.79 Å². The van der Waals surface area contributed by atoms with Crippen LogP contribution in [0.3, 0.4) is 0 Å². The van der Waals surface area contributed by atoms with Gasteiger partial charge < -0.3 is 5.32 Å². The van der Waals surface area contributed by atoms with Crippen LogP contribution in [0, 0.1) is 6.92 Å². The fraction of sp³-hybridized carbons (Fsp3) is 0.333. The summed E-state index contributed by atoms with van der Waals surface area (Å²) in [6, 6.07) is 0. The van der Waals surface area contributed by atoms with Crippen LogP contribution in [0.4, 0.5) is 0 Å². The summed E-state index contributed by atoms with van der Waals surface area (Å²) in [5.74, 6) is 0.280. The normalized spacial score (nSPS) is 9.27. The maximum absolute atomic E-state index is 10.9. The standard InChI is InChI=1S/C6H8N4O/c1-4-8-3-5(10-9-4)6(11)7-2/h3H,1-2H3,(H,7,11). The van der Waals surface area contributed by atoms with Crippen molar-refractivity contribution in [2.24, 2.45) is 0 Å². The molecule has 0 radical (unpaired) electrons. The number of rotatable bonds is 1. The first-order chi connectivity index (χ1) is 5.24. The van der Waals surface area contributed by atoms with Gasteiger partial charge in [0.05, 0.1) is 6.20 Å². The number of carbonyl (C=O) groups is 1. The molecule has 5 nitrogen and oxygen atoms in total. The molecule has 1 N–H and O–H groups in total. The molecule has 0 aliphatic heterocycles. The Balaban J connectivity index is 2.90. The van der Waals surface area contributed by atoms with E-state index in [4.69, 9.17) is 0 Å². The monoisotopic (exact) mass is 152 g/mol. The van der Waals surface area contributed by atoms with Crippen LogP contribution in [0.5, 0.6) is 0 Å². The van der Waals surface area contributed by atoms with Gasteiger partial charge in [0.1, 0.15) is 5.82 Å². The lowest BCUT2D eigenvalue weighted by Crippen LogP contribution is -2.20. The zero-order valence-corrected chi connectivity index (χ0v) is 6.33. The summed E-state index contributed by atoms with van der Waals surface area (Å²) in [5, 5.41) is 9.67. The first kappa shape index (κ1) is 7.59. The van der Waals surface area contributed by atoms with E-state index in [2.05, 4.69) is 20.5 Å². The van der Waals surface area contributed by atoms with Crippen molar-refractivity contribution >= 4 is 5.91 Å². The second-order valence-electron chi connectivity index (χ2n) is 1.97. The van der Waals surface area contributed by atoms with Gasteiger partial charge in [-0.05, 0) is 6.92 Å². The third-order valence-electron chi connectivity index (χ3n) is 1.14. The molecule has 0 bridgehead atoms. The van der Waals surface area contributed by atoms with Gasteiger partial charge in [0.25, 0.3) is 5.91 Å². The summed E-state index contributed by atoms with van der Waals surface area (Å²) >= 11 is 0. The molecule has 1 amide bonds. The quantitative estimate of drug-likeness (QED) is 0.591. The van der Waals surface area contributed by atoms with Gasteiger partial charge in [0.2, 0.25) is 0 Å². The van der Waals surface area contributed by atoms with E-state index in [0.29, 0.717) is 5.82 Å². The maximum atomic E-state index is 10.9. The number of aryl methyl sites for hydroxylation is 1. The van der Waals surface area contributed by atoms with Crippen molar-refractivity contribution < 1.29 is 4.79 Å². The fourth-order valence-electron chi connectivity index (χ4n) is 0.565. The second-order valence-corrected chi connectivity index (χ2v) is 1.97. The van der Waals surface area contributed by atoms with Crippen molar-refractivity contribution in [3.63, 3.8) is 0 Å². The Bertz CT molecular complexity index is 256. The zero-order valence-electron chi connectivity index (χ0n) is 6.33. The molecule has 5 heteroatoms. The Morgan fingerprint density at radius 1 is 1.55 bits per heavy atom. The molecule has 0 aliphatic rings. The summed E-state index contributed by atoms with van der Waals surface area (Å²) in [6.45, 7) is 1.71. The average Bonchev–Trinajstić information content (AvgIpc) is 2.05. The Kier molecular flexibility index (Phi) is 2.10. The van der Waals surface area contributed by atoms with Crippen LogP contribution in [0.1, 0.15) is 16.3 Å². The Labute approximate surface area is 63.9 Å². The molecule has 58 valence electrons. The van der Waals surface area contributed by atoms with E-state index in [1.165, 1.54) is 13.2 Å². The Morgan fingerprint density at radius 2 is 2.27 bits per heavy atom. The summed E-state index contributed by atoms with van der Waals surface area (Å²) in [4.78, 5) is 14.7. The highest BCUT2D eigenvalue weighted by molar-refractivity contribution is 5.91. The van der Waals surface area contributed by atoms with Crippen molar-refractivity contribution in [1.82, 2.24) is 20.5 Å². The lowest BCUT2D eigenvalue weighted by molar-refractivity contribution is 0.0956. The first-order valence-electron chi connectivity index (χ1n) is 3.12. The first-order valence-corrected chi connectivity index (χ1v) is 3.12. The van der Waals surface area contributed by atoms with E-state index in [1.807, 2.05) is 0 Å². The molecule has 0 unspecified atom stereocenters. The van der Waals surface area contributed by atoms with Gasteiger partial charge in [0, 0.05) is 7.05 Å². The van der Waals surface area contributed by atoms with Crippen molar-refractivity contribution in [3.8, 4) is 0 Å². The van der Waals surface area contributed by atoms with E-state index in [9.17, 15) is 4.79 Å². The lowest BCUT2D eigenvalue weighted by Gasteiger charge is -1.95. The minimum atomic E-state index is -0.273. The van der Waals surface area contributed by atoms with E-state index >= 15 is 0 Å². The van der Waals surface area contributed by atoms with Crippen LogP contribution < -0.4 is 5.32 Å². The van der Waals surface area contributed by atoms with Gasteiger partial charge in [-0.15, -0.1) is 10.2 Å². The molecule has 0 saturated carbocycles. The number of hydrogen-bond donors (Lipinski definition) is 1. The summed E-state index contributed by atoms with van der Waals surface area (Å²) < 4.78 is 0. The van der Waals surface area contributed by atoms with Gasteiger partial charge in [0.15, 0.2) is 5.69 Å². The predicted octanol–water partition coefficient (Wildman–Crippen LogP) is -0.460. The van der Waals surface area contributed by atoms with Crippen molar-refractivity contribution in [3.05, 3.63) is 17.7 Å². The molecule has 1 aromatic rings. The van der Waals surface area contributed by atoms with Crippen LogP contribution in [0.25, 0.3) is 0 Å². The van der Waals surface area contributed by atoms with E-state index in [-0.39, 0.29) is 11.6 Å². The topological polar surface area (TPSA) is 67.8 Å². The number of nitrogens with zero attached hydrogens (tertiary/aromatic N) is 3. The number of carbonyl (C=O) groups excluding carboxylic acids is 1. The molecule has 11 heavy (non-hydrogen) atoms. The van der Waals surface area contributed by atoms with E-state index < -0.39 is 0 Å². The third-order valence-corrected chi connectivity index (χ3v) is 1.14. The molecule has 1 rings (SSSR count). The third kappa shape index (κ3) is 1.70. The SMILES string of the molecule is CNC(=O)c1cnc(C)nn1. The van der Waals surface area contributed by atoms with E-state index in [0.717, 1.165) is 0 Å². The molecule has 0 saturated heterocycles. The van der Waals surface area contributed by atoms with Crippen LogP contribution in [0.2, 0.25) is 0 Å². The Hall–Kier alpha value is -1.52. The highest BCUT2D eigenvalue weighted by atomic mass is 16.1. The summed E-state index contributed by atoms with van der Waals surface area (Å²) in [5.41, 5.74) is 0.234. The van der Waals surface area contributed by atoms with E-state index in [1.54, 1.807) is 6.92 Å². The molecule has 0 spiro atoms. The molecule has 1 aromatic heterocycles. The fourth-order valence-corrected chi connectivity index (χ4v) is 0.565. The minimum absolute atomic E-state index is 0.234. The van der Waals surface area contributed by atoms with Gasteiger partial charge in [-0.2, -0.15) is 0 Å². The molecule has 0 aliphatic carbocycles. The molecular formula is C6H8N4O. The van der Waals surface area contributed by atoms with Gasteiger partial charge in [-0.25, -0.2) is 4.98 Å². The van der Waals surface area contributed by atoms with Gasteiger partial charge >= 0.3 is 0 Å². The van der Waals surface area contributed by atoms with Crippen LogP contribution in [-0.2, 0) is 0 Å². The highest BCUT2D eigenvalue weighted by Crippen LogP contribution is 1.88. The van der Waals surface area contributed by atoms with Crippen molar-refractivity contribution in [2.45, 2.75) is 6.92 Å². The van der Waals surface area contributed by atoms with Gasteiger partial charge in [-0.1, -0.05) is 0 Å². The van der Waals surface area contributed by atoms with Crippen LogP contribution in [0.15, 0.2) is 6.20 Å². The number of amides is 1. The number of aromatic nitrogens is 3. The molecule has 0 fully saturated rings. The maximum Gasteiger partial charge on any atom is 0.273 e. The van der Waals surface area contributed by atoms with Crippen LogP contribution >= 0.6 is 0 Å². The number of nitrogens with one attached hydrogen (secondary N) is 1. The molecule has 0 aromatic carbocycles. The molecule has 1 heterocycles. The van der Waals surface area contributed by atoms with Crippen LogP contribution in [-0.4, -0.2) is 28.1 Å².